The minimum atomic E-state index is 0.318. The average Bonchev–Trinajstić information content (AvgIpc) is 2.48. The van der Waals surface area contributed by atoms with E-state index in [4.69, 9.17) is 4.74 Å². The lowest BCUT2D eigenvalue weighted by atomic mass is 9.93. The predicted octanol–water partition coefficient (Wildman–Crippen LogP) is 3.14. The normalized spacial score (nSPS) is 23.4. The Labute approximate surface area is 114 Å². The predicted molar refractivity (Wildman–Crippen MR) is 77.5 cm³/mol. The van der Waals surface area contributed by atoms with Crippen molar-refractivity contribution in [3.05, 3.63) is 36.4 Å². The minimum absolute atomic E-state index is 0.318. The maximum Gasteiger partial charge on any atom is 0.214 e. The van der Waals surface area contributed by atoms with E-state index < -0.39 is 0 Å². The van der Waals surface area contributed by atoms with Crippen LogP contribution < -0.4 is 10.1 Å². The van der Waals surface area contributed by atoms with Crippen molar-refractivity contribution >= 4 is 10.9 Å². The second kappa shape index (κ2) is 5.57. The number of pyridine rings is 1. The quantitative estimate of drug-likeness (QED) is 0.916. The molecule has 3 nitrogen and oxygen atoms in total. The van der Waals surface area contributed by atoms with Crippen LogP contribution in [0.3, 0.4) is 0 Å². The number of ether oxygens (including phenoxy) is 1. The summed E-state index contributed by atoms with van der Waals surface area (Å²) in [6.45, 7) is 0. The molecule has 100 valence electrons. The Morgan fingerprint density at radius 1 is 1.05 bits per heavy atom. The molecule has 1 aromatic heterocycles. The van der Waals surface area contributed by atoms with Crippen LogP contribution in [0, 0.1) is 0 Å². The van der Waals surface area contributed by atoms with Crippen LogP contribution in [0.2, 0.25) is 0 Å². The summed E-state index contributed by atoms with van der Waals surface area (Å²) < 4.78 is 6.02. The fraction of sp³-hybridized carbons (Fsp3) is 0.438. The van der Waals surface area contributed by atoms with Crippen molar-refractivity contribution in [1.29, 1.82) is 0 Å². The lowest BCUT2D eigenvalue weighted by Gasteiger charge is -2.28. The molecular formula is C16H20N2O. The molecular weight excluding hydrogens is 236 g/mol. The van der Waals surface area contributed by atoms with Gasteiger partial charge in [-0.3, -0.25) is 0 Å². The molecule has 0 amide bonds. The maximum atomic E-state index is 6.02. The van der Waals surface area contributed by atoms with E-state index in [0.29, 0.717) is 12.1 Å². The van der Waals surface area contributed by atoms with Crippen LogP contribution >= 0.6 is 0 Å². The van der Waals surface area contributed by atoms with Crippen LogP contribution in [0.5, 0.6) is 5.88 Å². The monoisotopic (exact) mass is 256 g/mol. The second-order valence-electron chi connectivity index (χ2n) is 5.22. The number of nitrogens with one attached hydrogen (secondary N) is 1. The molecule has 0 bridgehead atoms. The molecule has 1 aliphatic rings. The van der Waals surface area contributed by atoms with E-state index in [-0.39, 0.29) is 0 Å². The van der Waals surface area contributed by atoms with Crippen LogP contribution in [0.1, 0.15) is 25.7 Å². The van der Waals surface area contributed by atoms with Gasteiger partial charge in [0.1, 0.15) is 6.10 Å². The first-order valence-corrected chi connectivity index (χ1v) is 7.05. The number of benzene rings is 1. The van der Waals surface area contributed by atoms with Crippen molar-refractivity contribution in [2.24, 2.45) is 0 Å². The lowest BCUT2D eigenvalue weighted by Crippen LogP contribution is -2.34. The Bertz CT molecular complexity index is 547. The van der Waals surface area contributed by atoms with Gasteiger partial charge < -0.3 is 10.1 Å². The fourth-order valence-corrected chi connectivity index (χ4v) is 2.75. The van der Waals surface area contributed by atoms with E-state index in [1.165, 1.54) is 12.8 Å². The van der Waals surface area contributed by atoms with Gasteiger partial charge in [-0.05, 0) is 44.9 Å². The third-order valence-corrected chi connectivity index (χ3v) is 3.94. The molecule has 2 aromatic rings. The molecule has 0 saturated heterocycles. The molecule has 1 aromatic carbocycles. The van der Waals surface area contributed by atoms with E-state index in [9.17, 15) is 0 Å². The van der Waals surface area contributed by atoms with E-state index in [2.05, 4.69) is 22.4 Å². The molecule has 0 radical (unpaired) electrons. The number of fused-ring (bicyclic) bond motifs is 1. The van der Waals surface area contributed by atoms with Crippen LogP contribution in [0.4, 0.5) is 0 Å². The Hall–Kier alpha value is -1.61. The molecule has 0 atom stereocenters. The molecule has 1 N–H and O–H groups in total. The number of nitrogens with zero attached hydrogens (tertiary/aromatic N) is 1. The number of hydrogen-bond donors (Lipinski definition) is 1. The highest BCUT2D eigenvalue weighted by Gasteiger charge is 2.21. The Morgan fingerprint density at radius 3 is 2.63 bits per heavy atom. The zero-order valence-corrected chi connectivity index (χ0v) is 11.3. The van der Waals surface area contributed by atoms with Crippen LogP contribution in [-0.4, -0.2) is 24.2 Å². The van der Waals surface area contributed by atoms with Crippen molar-refractivity contribution in [3.63, 3.8) is 0 Å². The second-order valence-corrected chi connectivity index (χ2v) is 5.22. The van der Waals surface area contributed by atoms with E-state index in [0.717, 1.165) is 29.6 Å². The number of hydrogen-bond acceptors (Lipinski definition) is 3. The van der Waals surface area contributed by atoms with Crippen LogP contribution in [0.15, 0.2) is 36.4 Å². The van der Waals surface area contributed by atoms with Gasteiger partial charge in [0.25, 0.3) is 0 Å². The smallest absolute Gasteiger partial charge is 0.214 e. The van der Waals surface area contributed by atoms with Gasteiger partial charge in [0.2, 0.25) is 5.88 Å². The SMILES string of the molecule is CN[C@H]1CC[C@H](Oc2ccc3ccccc3n2)CC1. The first kappa shape index (κ1) is 12.4. The summed E-state index contributed by atoms with van der Waals surface area (Å²) >= 11 is 0. The zero-order chi connectivity index (χ0) is 13.1. The molecule has 1 saturated carbocycles. The molecule has 1 heterocycles. The molecule has 1 aliphatic carbocycles. The average molecular weight is 256 g/mol. The molecule has 1 fully saturated rings. The summed E-state index contributed by atoms with van der Waals surface area (Å²) in [6, 6.07) is 12.9. The summed E-state index contributed by atoms with van der Waals surface area (Å²) in [5.74, 6) is 0.756. The van der Waals surface area contributed by atoms with Crippen molar-refractivity contribution in [2.75, 3.05) is 7.05 Å². The van der Waals surface area contributed by atoms with Gasteiger partial charge >= 0.3 is 0 Å². The lowest BCUT2D eigenvalue weighted by molar-refractivity contribution is 0.136. The summed E-state index contributed by atoms with van der Waals surface area (Å²) in [6.07, 6.45) is 4.92. The van der Waals surface area contributed by atoms with E-state index >= 15 is 0 Å². The molecule has 0 aliphatic heterocycles. The third-order valence-electron chi connectivity index (χ3n) is 3.94. The van der Waals surface area contributed by atoms with Crippen LogP contribution in [0.25, 0.3) is 10.9 Å². The van der Waals surface area contributed by atoms with Crippen LogP contribution in [-0.2, 0) is 0 Å². The van der Waals surface area contributed by atoms with Gasteiger partial charge in [-0.2, -0.15) is 0 Å². The van der Waals surface area contributed by atoms with Gasteiger partial charge in [-0.1, -0.05) is 18.2 Å². The summed E-state index contributed by atoms with van der Waals surface area (Å²) in [4.78, 5) is 4.57. The summed E-state index contributed by atoms with van der Waals surface area (Å²) in [5.41, 5.74) is 1.00. The number of para-hydroxylation sites is 1. The van der Waals surface area contributed by atoms with Gasteiger partial charge in [0.15, 0.2) is 0 Å². The largest absolute Gasteiger partial charge is 0.474 e. The molecule has 19 heavy (non-hydrogen) atoms. The third kappa shape index (κ3) is 2.87. The molecule has 3 rings (SSSR count). The topological polar surface area (TPSA) is 34.1 Å². The number of rotatable bonds is 3. The minimum Gasteiger partial charge on any atom is -0.474 e. The summed E-state index contributed by atoms with van der Waals surface area (Å²) in [5, 5.41) is 4.50. The molecule has 0 spiro atoms. The van der Waals surface area contributed by atoms with Gasteiger partial charge in [-0.15, -0.1) is 0 Å². The van der Waals surface area contributed by atoms with Crippen molar-refractivity contribution < 1.29 is 4.74 Å². The Morgan fingerprint density at radius 2 is 1.84 bits per heavy atom. The van der Waals surface area contributed by atoms with Crippen molar-refractivity contribution in [3.8, 4) is 5.88 Å². The highest BCUT2D eigenvalue weighted by atomic mass is 16.5. The summed E-state index contributed by atoms with van der Waals surface area (Å²) in [7, 11) is 2.04. The Kier molecular flexibility index (Phi) is 3.65. The van der Waals surface area contributed by atoms with Gasteiger partial charge in [0.05, 0.1) is 5.52 Å². The van der Waals surface area contributed by atoms with Gasteiger partial charge in [-0.25, -0.2) is 4.98 Å². The fourth-order valence-electron chi connectivity index (χ4n) is 2.75. The Balaban J connectivity index is 1.68. The standard InChI is InChI=1S/C16H20N2O/c1-17-13-7-9-14(10-8-13)19-16-11-6-12-4-2-3-5-15(12)18-16/h2-6,11,13-14,17H,7-10H2,1H3/t13-,14-. The zero-order valence-electron chi connectivity index (χ0n) is 11.3. The highest BCUT2D eigenvalue weighted by Crippen LogP contribution is 2.24. The highest BCUT2D eigenvalue weighted by molar-refractivity contribution is 5.78. The first-order valence-electron chi connectivity index (χ1n) is 7.05. The van der Waals surface area contributed by atoms with Gasteiger partial charge in [0, 0.05) is 17.5 Å². The molecule has 3 heteroatoms. The first-order chi connectivity index (χ1) is 9.35. The van der Waals surface area contributed by atoms with E-state index in [1.54, 1.807) is 0 Å². The number of aromatic nitrogens is 1. The maximum absolute atomic E-state index is 6.02. The van der Waals surface area contributed by atoms with E-state index in [1.807, 2.05) is 31.3 Å². The molecule has 0 unspecified atom stereocenters. The van der Waals surface area contributed by atoms with Crippen molar-refractivity contribution in [1.82, 2.24) is 10.3 Å². The van der Waals surface area contributed by atoms with Crippen molar-refractivity contribution in [2.45, 2.75) is 37.8 Å².